The SMILES string of the molecule is CCCCCCCCC=CCCCCCCCCCCCCC(O)CO.C[N+](C)(C)CCOP(=O)(O)O. The Balaban J connectivity index is 0. The van der Waals surface area contributed by atoms with Crippen LogP contribution in [-0.2, 0) is 9.09 Å². The fourth-order valence-corrected chi connectivity index (χ4v) is 4.18. The number of nitrogens with zero attached hydrogens (tertiary/aromatic N) is 1. The summed E-state index contributed by atoms with van der Waals surface area (Å²) in [6.45, 7) is 2.84. The highest BCUT2D eigenvalue weighted by atomic mass is 31.2. The summed E-state index contributed by atoms with van der Waals surface area (Å²) in [7, 11) is 1.50. The molecule has 0 aromatic carbocycles. The lowest BCUT2D eigenvalue weighted by molar-refractivity contribution is -0.870. The predicted molar refractivity (Wildman–Crippen MR) is 157 cm³/mol. The van der Waals surface area contributed by atoms with Crippen molar-refractivity contribution in [3.05, 3.63) is 12.2 Å². The molecule has 0 fully saturated rings. The third kappa shape index (κ3) is 40.4. The molecule has 0 aromatic heterocycles. The maximum atomic E-state index is 10.2. The standard InChI is InChI=1S/C24H48O2.C5H14NO4P/c1-2-3-4-5-6-7-8-9-10-11-12-13-14-15-16-17-18-19-20-21-22-24(26)23-25;1-6(2,3)4-5-10-11(7,8)9/h9-10,24-26H,2-8,11-23H2,1H3;4-5H2,1-3H3,(H-,7,8,9)/p+1. The topological polar surface area (TPSA) is 107 Å². The Kier molecular flexibility index (Phi) is 28.7. The van der Waals surface area contributed by atoms with Crippen LogP contribution in [0.15, 0.2) is 12.2 Å². The molecule has 0 amide bonds. The zero-order valence-corrected chi connectivity index (χ0v) is 25.7. The quantitative estimate of drug-likeness (QED) is 0.0415. The van der Waals surface area contributed by atoms with Crippen LogP contribution in [-0.4, -0.2) is 71.5 Å². The van der Waals surface area contributed by atoms with Gasteiger partial charge in [-0.1, -0.05) is 109 Å². The van der Waals surface area contributed by atoms with Crippen molar-refractivity contribution in [3.63, 3.8) is 0 Å². The summed E-state index contributed by atoms with van der Waals surface area (Å²) >= 11 is 0. The van der Waals surface area contributed by atoms with Crippen molar-refractivity contribution in [2.75, 3.05) is 40.9 Å². The summed E-state index contributed by atoms with van der Waals surface area (Å²) < 4.78 is 15.1. The van der Waals surface area contributed by atoms with Crippen molar-refractivity contribution in [1.82, 2.24) is 0 Å². The van der Waals surface area contributed by atoms with Crippen molar-refractivity contribution >= 4 is 7.82 Å². The van der Waals surface area contributed by atoms with Gasteiger partial charge in [-0.3, -0.25) is 4.52 Å². The Morgan fingerprint density at radius 3 is 1.51 bits per heavy atom. The number of rotatable bonds is 25. The summed E-state index contributed by atoms with van der Waals surface area (Å²) in [5.41, 5.74) is 0. The molecule has 1 atom stereocenters. The highest BCUT2D eigenvalue weighted by Crippen LogP contribution is 2.35. The van der Waals surface area contributed by atoms with Crippen LogP contribution in [0.2, 0.25) is 0 Å². The normalized spacial score (nSPS) is 13.1. The second-order valence-electron chi connectivity index (χ2n) is 11.3. The number of likely N-dealkylation sites (N-methyl/N-ethyl adjacent to an activating group) is 1. The highest BCUT2D eigenvalue weighted by molar-refractivity contribution is 7.46. The minimum absolute atomic E-state index is 0.0772. The molecule has 0 bridgehead atoms. The first-order chi connectivity index (χ1) is 17.5. The van der Waals surface area contributed by atoms with E-state index in [9.17, 15) is 9.67 Å². The van der Waals surface area contributed by atoms with E-state index in [1.807, 2.05) is 21.1 Å². The Morgan fingerprint density at radius 2 is 1.14 bits per heavy atom. The van der Waals surface area contributed by atoms with Crippen LogP contribution in [0.3, 0.4) is 0 Å². The van der Waals surface area contributed by atoms with Crippen LogP contribution in [0.25, 0.3) is 0 Å². The zero-order chi connectivity index (χ0) is 28.3. The number of allylic oxidation sites excluding steroid dienone is 2. The lowest BCUT2D eigenvalue weighted by atomic mass is 10.0. The van der Waals surface area contributed by atoms with Gasteiger partial charge in [-0.05, 0) is 32.1 Å². The molecule has 37 heavy (non-hydrogen) atoms. The number of quaternary nitrogens is 1. The first-order valence-corrected chi connectivity index (χ1v) is 16.5. The molecule has 7 nitrogen and oxygen atoms in total. The summed E-state index contributed by atoms with van der Waals surface area (Å²) in [5, 5.41) is 18.0. The van der Waals surface area contributed by atoms with Crippen molar-refractivity contribution < 1.29 is 33.6 Å². The van der Waals surface area contributed by atoms with Crippen molar-refractivity contribution in [3.8, 4) is 0 Å². The predicted octanol–water partition coefficient (Wildman–Crippen LogP) is 7.13. The summed E-state index contributed by atoms with van der Waals surface area (Å²) in [6, 6.07) is 0. The van der Waals surface area contributed by atoms with Gasteiger partial charge in [0.2, 0.25) is 0 Å². The van der Waals surface area contributed by atoms with Crippen LogP contribution in [0.5, 0.6) is 0 Å². The van der Waals surface area contributed by atoms with E-state index in [1.54, 1.807) is 0 Å². The van der Waals surface area contributed by atoms with Gasteiger partial charge in [0, 0.05) is 0 Å². The fourth-order valence-electron chi connectivity index (χ4n) is 3.86. The third-order valence-electron chi connectivity index (χ3n) is 6.28. The monoisotopic (exact) mass is 552 g/mol. The fraction of sp³-hybridized carbons (Fsp3) is 0.931. The number of phosphoric ester groups is 1. The van der Waals surface area contributed by atoms with E-state index >= 15 is 0 Å². The Bertz CT molecular complexity index is 533. The van der Waals surface area contributed by atoms with E-state index in [-0.39, 0.29) is 13.2 Å². The van der Waals surface area contributed by atoms with E-state index in [2.05, 4.69) is 23.6 Å². The molecule has 0 saturated carbocycles. The van der Waals surface area contributed by atoms with Gasteiger partial charge < -0.3 is 24.5 Å². The Morgan fingerprint density at radius 1 is 0.730 bits per heavy atom. The summed E-state index contributed by atoms with van der Waals surface area (Å²) in [5.74, 6) is 0. The lowest BCUT2D eigenvalue weighted by Crippen LogP contribution is -2.37. The Hall–Kier alpha value is -0.270. The second-order valence-corrected chi connectivity index (χ2v) is 12.6. The van der Waals surface area contributed by atoms with Gasteiger partial charge in [0.25, 0.3) is 0 Å². The minimum Gasteiger partial charge on any atom is -0.394 e. The van der Waals surface area contributed by atoms with Gasteiger partial charge in [-0.15, -0.1) is 0 Å². The van der Waals surface area contributed by atoms with Crippen molar-refractivity contribution in [2.24, 2.45) is 0 Å². The molecule has 0 aromatic rings. The van der Waals surface area contributed by atoms with E-state index in [1.165, 1.54) is 109 Å². The van der Waals surface area contributed by atoms with Crippen molar-refractivity contribution in [1.29, 1.82) is 0 Å². The molecule has 4 N–H and O–H groups in total. The molecule has 0 heterocycles. The second kappa shape index (κ2) is 27.3. The average Bonchev–Trinajstić information content (AvgIpc) is 2.81. The molecule has 1 unspecified atom stereocenters. The number of hydrogen-bond donors (Lipinski definition) is 4. The number of unbranched alkanes of at least 4 members (excludes halogenated alkanes) is 16. The van der Waals surface area contributed by atoms with E-state index in [0.29, 0.717) is 11.0 Å². The van der Waals surface area contributed by atoms with Crippen LogP contribution >= 0.6 is 7.82 Å². The lowest BCUT2D eigenvalue weighted by Gasteiger charge is -2.23. The molecule has 0 aliphatic rings. The molecule has 0 radical (unpaired) electrons. The summed E-state index contributed by atoms with van der Waals surface area (Å²) in [4.78, 5) is 16.6. The average molecular weight is 553 g/mol. The van der Waals surface area contributed by atoms with Gasteiger partial charge in [-0.2, -0.15) is 0 Å². The van der Waals surface area contributed by atoms with E-state index in [4.69, 9.17) is 14.9 Å². The van der Waals surface area contributed by atoms with Crippen LogP contribution in [0, 0.1) is 0 Å². The number of aliphatic hydroxyl groups excluding tert-OH is 2. The number of aliphatic hydroxyl groups is 2. The van der Waals surface area contributed by atoms with Crippen LogP contribution in [0.1, 0.15) is 129 Å². The molecule has 0 spiro atoms. The molecule has 0 rings (SSSR count). The van der Waals surface area contributed by atoms with Crippen LogP contribution < -0.4 is 0 Å². The largest absolute Gasteiger partial charge is 0.469 e. The van der Waals surface area contributed by atoms with E-state index in [0.717, 1.165) is 12.8 Å². The van der Waals surface area contributed by atoms with Gasteiger partial charge in [-0.25, -0.2) is 4.57 Å². The molecule has 0 aliphatic carbocycles. The molecular formula is C29H63NO6P+. The molecule has 0 aliphatic heterocycles. The minimum atomic E-state index is -4.26. The first kappa shape index (κ1) is 38.9. The van der Waals surface area contributed by atoms with Gasteiger partial charge in [0.1, 0.15) is 13.2 Å². The smallest absolute Gasteiger partial charge is 0.394 e. The van der Waals surface area contributed by atoms with Crippen molar-refractivity contribution in [2.45, 2.75) is 135 Å². The molecule has 224 valence electrons. The molecular weight excluding hydrogens is 489 g/mol. The van der Waals surface area contributed by atoms with Gasteiger partial charge in [0.15, 0.2) is 0 Å². The number of phosphoric acid groups is 1. The first-order valence-electron chi connectivity index (χ1n) is 15.0. The molecule has 8 heteroatoms. The number of hydrogen-bond acceptors (Lipinski definition) is 4. The van der Waals surface area contributed by atoms with Gasteiger partial charge in [0.05, 0.1) is 33.9 Å². The highest BCUT2D eigenvalue weighted by Gasteiger charge is 2.16. The van der Waals surface area contributed by atoms with E-state index < -0.39 is 13.9 Å². The third-order valence-corrected chi connectivity index (χ3v) is 6.80. The summed E-state index contributed by atoms with van der Waals surface area (Å²) in [6.07, 6.45) is 29.1. The maximum Gasteiger partial charge on any atom is 0.469 e. The zero-order valence-electron chi connectivity index (χ0n) is 24.8. The maximum absolute atomic E-state index is 10.2. The van der Waals surface area contributed by atoms with Gasteiger partial charge >= 0.3 is 7.82 Å². The van der Waals surface area contributed by atoms with Crippen LogP contribution in [0.4, 0.5) is 0 Å². The Labute approximate surface area is 229 Å². The molecule has 0 saturated heterocycles.